The largest absolute Gasteiger partial charge is 0.494 e. The van der Waals surface area contributed by atoms with Gasteiger partial charge in [-0.1, -0.05) is 29.8 Å². The van der Waals surface area contributed by atoms with Gasteiger partial charge in [0.15, 0.2) is 0 Å². The van der Waals surface area contributed by atoms with E-state index in [1.165, 1.54) is 0 Å². The molecule has 3 aromatic rings. The molecule has 0 saturated carbocycles. The summed E-state index contributed by atoms with van der Waals surface area (Å²) in [5, 5.41) is 3.76. The van der Waals surface area contributed by atoms with Crippen molar-refractivity contribution in [2.24, 2.45) is 5.92 Å². The number of nitrogens with one attached hydrogen (secondary N) is 2. The fourth-order valence-electron chi connectivity index (χ4n) is 3.77. The van der Waals surface area contributed by atoms with Crippen molar-refractivity contribution in [3.05, 3.63) is 53.1 Å². The second kappa shape index (κ2) is 8.74. The van der Waals surface area contributed by atoms with Crippen LogP contribution in [0, 0.1) is 5.92 Å². The van der Waals surface area contributed by atoms with E-state index in [4.69, 9.17) is 16.3 Å². The van der Waals surface area contributed by atoms with E-state index in [0.29, 0.717) is 24.7 Å². The molecule has 1 fully saturated rings. The molecule has 1 amide bonds. The molecule has 0 radical (unpaired) electrons. The van der Waals surface area contributed by atoms with Crippen LogP contribution in [0.5, 0.6) is 5.75 Å². The zero-order valence-corrected chi connectivity index (χ0v) is 17.2. The Bertz CT molecular complexity index is 1000. The monoisotopic (exact) mass is 412 g/mol. The highest BCUT2D eigenvalue weighted by Gasteiger charge is 2.27. The van der Waals surface area contributed by atoms with Crippen LogP contribution in [0.25, 0.3) is 11.0 Å². The maximum atomic E-state index is 12.8. The number of rotatable bonds is 6. The summed E-state index contributed by atoms with van der Waals surface area (Å²) < 4.78 is 5.65. The summed E-state index contributed by atoms with van der Waals surface area (Å²) in [6.45, 7) is 4.55. The summed E-state index contributed by atoms with van der Waals surface area (Å²) in [5.41, 5.74) is 2.78. The second-order valence-corrected chi connectivity index (χ2v) is 7.70. The Kier molecular flexibility index (Phi) is 5.90. The number of carbonyl (C=O) groups excluding carboxylic acids is 1. The van der Waals surface area contributed by atoms with Crippen molar-refractivity contribution in [2.45, 2.75) is 26.3 Å². The minimum atomic E-state index is -0.0696. The van der Waals surface area contributed by atoms with Crippen LogP contribution < -0.4 is 15.0 Å². The van der Waals surface area contributed by atoms with Crippen molar-refractivity contribution in [3.63, 3.8) is 0 Å². The highest BCUT2D eigenvalue weighted by Crippen LogP contribution is 2.25. The van der Waals surface area contributed by atoms with E-state index in [-0.39, 0.29) is 11.8 Å². The van der Waals surface area contributed by atoms with Crippen molar-refractivity contribution in [1.29, 1.82) is 0 Å². The van der Waals surface area contributed by atoms with Gasteiger partial charge in [0.05, 0.1) is 23.6 Å². The fraction of sp³-hybridized carbons (Fsp3) is 0.364. The molecule has 4 rings (SSSR count). The maximum Gasteiger partial charge on any atom is 0.225 e. The van der Waals surface area contributed by atoms with E-state index >= 15 is 0 Å². The number of amides is 1. The number of fused-ring (bicyclic) bond motifs is 1. The molecule has 2 N–H and O–H groups in total. The van der Waals surface area contributed by atoms with Gasteiger partial charge in [0, 0.05) is 30.2 Å². The van der Waals surface area contributed by atoms with Gasteiger partial charge in [0.2, 0.25) is 11.9 Å². The lowest BCUT2D eigenvalue weighted by Gasteiger charge is -2.31. The number of imidazole rings is 1. The number of aromatic nitrogens is 2. The molecular formula is C22H25ClN4O2. The zero-order chi connectivity index (χ0) is 20.2. The van der Waals surface area contributed by atoms with Crippen molar-refractivity contribution in [2.75, 3.05) is 24.6 Å². The van der Waals surface area contributed by atoms with Crippen LogP contribution in [-0.4, -0.2) is 35.6 Å². The van der Waals surface area contributed by atoms with Gasteiger partial charge < -0.3 is 19.9 Å². The van der Waals surface area contributed by atoms with Gasteiger partial charge >= 0.3 is 0 Å². The van der Waals surface area contributed by atoms with E-state index in [1.54, 1.807) is 0 Å². The smallest absolute Gasteiger partial charge is 0.225 e. The molecule has 1 atom stereocenters. The minimum Gasteiger partial charge on any atom is -0.494 e. The van der Waals surface area contributed by atoms with Crippen molar-refractivity contribution in [1.82, 2.24) is 15.3 Å². The Labute approximate surface area is 175 Å². The molecule has 0 bridgehead atoms. The number of nitrogens with zero attached hydrogens (tertiary/aromatic N) is 2. The second-order valence-electron chi connectivity index (χ2n) is 7.27. The molecule has 6 nitrogen and oxygen atoms in total. The number of ether oxygens (including phenoxy) is 1. The first-order chi connectivity index (χ1) is 14.1. The molecule has 1 aliphatic rings. The molecule has 0 aliphatic carbocycles. The van der Waals surface area contributed by atoms with Crippen LogP contribution in [0.3, 0.4) is 0 Å². The van der Waals surface area contributed by atoms with Crippen LogP contribution in [0.2, 0.25) is 5.02 Å². The highest BCUT2D eigenvalue weighted by molar-refractivity contribution is 6.31. The molecule has 152 valence electrons. The number of carbonyl (C=O) groups is 1. The topological polar surface area (TPSA) is 70.2 Å². The van der Waals surface area contributed by atoms with Gasteiger partial charge in [-0.3, -0.25) is 4.79 Å². The minimum absolute atomic E-state index is 0.0696. The number of halogens is 1. The molecule has 7 heteroatoms. The fourth-order valence-corrected chi connectivity index (χ4v) is 3.95. The SMILES string of the molecule is CCOc1ccccc1CNC(=O)C1CCCN(c2nc3ccc(Cl)cc3[nH]2)C1. The van der Waals surface area contributed by atoms with Crippen molar-refractivity contribution >= 4 is 34.5 Å². The Morgan fingerprint density at radius 3 is 3.07 bits per heavy atom. The molecule has 1 aromatic heterocycles. The number of anilines is 1. The highest BCUT2D eigenvalue weighted by atomic mass is 35.5. The number of benzene rings is 2. The van der Waals surface area contributed by atoms with Crippen molar-refractivity contribution in [3.8, 4) is 5.75 Å². The first-order valence-corrected chi connectivity index (χ1v) is 10.4. The standard InChI is InChI=1S/C22H25ClN4O2/c1-2-29-20-8-4-3-6-15(20)13-24-21(28)16-7-5-11-27(14-16)22-25-18-10-9-17(23)12-19(18)26-22/h3-4,6,8-10,12,16H,2,5,7,11,13-14H2,1H3,(H,24,28)(H,25,26). The predicted octanol–water partition coefficient (Wildman–Crippen LogP) is 4.15. The lowest BCUT2D eigenvalue weighted by molar-refractivity contribution is -0.125. The van der Waals surface area contributed by atoms with E-state index in [2.05, 4.69) is 20.2 Å². The summed E-state index contributed by atoms with van der Waals surface area (Å²) in [6.07, 6.45) is 1.83. The van der Waals surface area contributed by atoms with Gasteiger partial charge in [-0.2, -0.15) is 0 Å². The van der Waals surface area contributed by atoms with E-state index in [9.17, 15) is 4.79 Å². The lowest BCUT2D eigenvalue weighted by atomic mass is 9.97. The summed E-state index contributed by atoms with van der Waals surface area (Å²) in [5.74, 6) is 1.61. The van der Waals surface area contributed by atoms with Crippen LogP contribution in [-0.2, 0) is 11.3 Å². The molecule has 1 aliphatic heterocycles. The third-order valence-electron chi connectivity index (χ3n) is 5.25. The summed E-state index contributed by atoms with van der Waals surface area (Å²) in [6, 6.07) is 13.4. The van der Waals surface area contributed by atoms with Crippen LogP contribution in [0.4, 0.5) is 5.95 Å². The number of hydrogen-bond acceptors (Lipinski definition) is 4. The van der Waals surface area contributed by atoms with Crippen LogP contribution in [0.15, 0.2) is 42.5 Å². The predicted molar refractivity (Wildman–Crippen MR) is 115 cm³/mol. The molecule has 0 spiro atoms. The van der Waals surface area contributed by atoms with Gasteiger partial charge in [-0.25, -0.2) is 4.98 Å². The average molecular weight is 413 g/mol. The molecular weight excluding hydrogens is 388 g/mol. The summed E-state index contributed by atoms with van der Waals surface area (Å²) >= 11 is 6.07. The molecule has 1 saturated heterocycles. The van der Waals surface area contributed by atoms with Crippen LogP contribution in [0.1, 0.15) is 25.3 Å². The normalized spacial score (nSPS) is 16.8. The number of aromatic amines is 1. The molecule has 2 aromatic carbocycles. The van der Waals surface area contributed by atoms with Gasteiger partial charge in [0.25, 0.3) is 0 Å². The maximum absolute atomic E-state index is 12.8. The van der Waals surface area contributed by atoms with Crippen molar-refractivity contribution < 1.29 is 9.53 Å². The third-order valence-corrected chi connectivity index (χ3v) is 5.48. The first-order valence-electron chi connectivity index (χ1n) is 10.0. The third kappa shape index (κ3) is 4.48. The first kappa shape index (κ1) is 19.6. The Morgan fingerprint density at radius 2 is 2.21 bits per heavy atom. The number of para-hydroxylation sites is 1. The molecule has 2 heterocycles. The number of hydrogen-bond donors (Lipinski definition) is 2. The summed E-state index contributed by atoms with van der Waals surface area (Å²) in [7, 11) is 0. The van der Waals surface area contributed by atoms with Gasteiger partial charge in [-0.15, -0.1) is 0 Å². The van der Waals surface area contributed by atoms with E-state index in [0.717, 1.165) is 47.7 Å². The Hall–Kier alpha value is -2.73. The number of H-pyrrole nitrogens is 1. The van der Waals surface area contributed by atoms with Gasteiger partial charge in [0.1, 0.15) is 5.75 Å². The Morgan fingerprint density at radius 1 is 1.34 bits per heavy atom. The molecule has 1 unspecified atom stereocenters. The molecule has 29 heavy (non-hydrogen) atoms. The zero-order valence-electron chi connectivity index (χ0n) is 16.5. The quantitative estimate of drug-likeness (QED) is 0.638. The van der Waals surface area contributed by atoms with E-state index < -0.39 is 0 Å². The Balaban J connectivity index is 1.40. The summed E-state index contributed by atoms with van der Waals surface area (Å²) in [4.78, 5) is 22.9. The van der Waals surface area contributed by atoms with E-state index in [1.807, 2.05) is 49.4 Å². The number of piperidine rings is 1. The average Bonchev–Trinajstić information content (AvgIpc) is 3.16. The lowest BCUT2D eigenvalue weighted by Crippen LogP contribution is -2.43. The van der Waals surface area contributed by atoms with Crippen LogP contribution >= 0.6 is 11.6 Å². The van der Waals surface area contributed by atoms with Gasteiger partial charge in [-0.05, 0) is 44.0 Å².